The minimum absolute atomic E-state index is 0.105. The first-order valence-electron chi connectivity index (χ1n) is 8.93. The zero-order valence-corrected chi connectivity index (χ0v) is 15.9. The Morgan fingerprint density at radius 1 is 1.19 bits per heavy atom. The molecule has 2 rings (SSSR count). The monoisotopic (exact) mass is 313 g/mol. The van der Waals surface area contributed by atoms with Crippen molar-refractivity contribution in [1.29, 1.82) is 0 Å². The molecule has 2 aliphatic rings. The van der Waals surface area contributed by atoms with E-state index in [9.17, 15) is 0 Å². The van der Waals surface area contributed by atoms with Crippen molar-refractivity contribution >= 4 is 9.04 Å². The molecule has 4 heteroatoms. The molecule has 21 heavy (non-hydrogen) atoms. The third-order valence-electron chi connectivity index (χ3n) is 5.97. The summed E-state index contributed by atoms with van der Waals surface area (Å²) in [5.41, 5.74) is 0.413. The molecule has 0 N–H and O–H groups in total. The molecule has 0 aromatic rings. The van der Waals surface area contributed by atoms with Crippen molar-refractivity contribution in [3.05, 3.63) is 0 Å². The molecule has 2 unspecified atom stereocenters. The number of hydrogen-bond acceptors (Lipinski definition) is 3. The van der Waals surface area contributed by atoms with Crippen LogP contribution in [0.2, 0.25) is 12.1 Å². The third-order valence-corrected chi connectivity index (χ3v) is 8.79. The lowest BCUT2D eigenvalue weighted by Gasteiger charge is -2.53. The van der Waals surface area contributed by atoms with E-state index in [-0.39, 0.29) is 5.54 Å². The summed E-state index contributed by atoms with van der Waals surface area (Å²) in [5, 5.41) is 2.29. The van der Waals surface area contributed by atoms with Crippen LogP contribution in [0.4, 0.5) is 0 Å². The van der Waals surface area contributed by atoms with Crippen LogP contribution in [0.25, 0.3) is 0 Å². The highest BCUT2D eigenvalue weighted by atomic mass is 28.3. The van der Waals surface area contributed by atoms with Crippen molar-refractivity contribution in [1.82, 2.24) is 5.06 Å². The summed E-state index contributed by atoms with van der Waals surface area (Å²) < 4.78 is 6.03. The molecular weight excluding hydrogens is 278 g/mol. The third kappa shape index (κ3) is 4.09. The minimum atomic E-state index is -1.00. The fraction of sp³-hybridized carbons (Fsp3) is 1.00. The molecule has 2 aliphatic heterocycles. The van der Waals surface area contributed by atoms with Gasteiger partial charge in [-0.2, -0.15) is 5.06 Å². The van der Waals surface area contributed by atoms with Crippen LogP contribution in [0.3, 0.4) is 0 Å². The van der Waals surface area contributed by atoms with Gasteiger partial charge in [0.15, 0.2) is 9.04 Å². The molecular formula is C17H35NO2Si. The van der Waals surface area contributed by atoms with Crippen molar-refractivity contribution in [2.24, 2.45) is 5.41 Å². The largest absolute Gasteiger partial charge is 0.420 e. The first-order chi connectivity index (χ1) is 9.87. The van der Waals surface area contributed by atoms with E-state index >= 15 is 0 Å². The fourth-order valence-electron chi connectivity index (χ4n) is 3.52. The maximum Gasteiger partial charge on any atom is 0.179 e. The zero-order chi connectivity index (χ0) is 15.5. The Morgan fingerprint density at radius 3 is 2.57 bits per heavy atom. The molecule has 2 heterocycles. The molecule has 0 bridgehead atoms. The fourth-order valence-corrected chi connectivity index (χ4v) is 6.31. The van der Waals surface area contributed by atoms with Gasteiger partial charge >= 0.3 is 0 Å². The minimum Gasteiger partial charge on any atom is -0.420 e. The van der Waals surface area contributed by atoms with Crippen LogP contribution in [0.5, 0.6) is 0 Å². The highest BCUT2D eigenvalue weighted by molar-refractivity contribution is 6.52. The van der Waals surface area contributed by atoms with E-state index in [1.807, 2.05) is 0 Å². The highest BCUT2D eigenvalue weighted by Crippen LogP contribution is 2.43. The van der Waals surface area contributed by atoms with Gasteiger partial charge in [-0.15, -0.1) is 0 Å². The maximum atomic E-state index is 6.48. The van der Waals surface area contributed by atoms with Crippen LogP contribution < -0.4 is 0 Å². The molecule has 2 atom stereocenters. The number of nitrogens with zero attached hydrogens (tertiary/aromatic N) is 1. The van der Waals surface area contributed by atoms with E-state index in [1.165, 1.54) is 37.8 Å². The van der Waals surface area contributed by atoms with Crippen LogP contribution >= 0.6 is 0 Å². The Bertz CT molecular complexity index is 327. The van der Waals surface area contributed by atoms with Gasteiger partial charge in [0, 0.05) is 18.7 Å². The van der Waals surface area contributed by atoms with Gasteiger partial charge in [0.05, 0.1) is 6.10 Å². The number of hydroxylamine groups is 2. The molecule has 0 amide bonds. The lowest BCUT2D eigenvalue weighted by atomic mass is 9.69. The van der Waals surface area contributed by atoms with Gasteiger partial charge < -0.3 is 4.43 Å². The van der Waals surface area contributed by atoms with Crippen molar-refractivity contribution in [2.45, 2.75) is 90.5 Å². The van der Waals surface area contributed by atoms with E-state index in [0.717, 1.165) is 19.6 Å². The summed E-state index contributed by atoms with van der Waals surface area (Å²) in [7, 11) is -1.00. The predicted octanol–water partition coefficient (Wildman–Crippen LogP) is 4.13. The quantitative estimate of drug-likeness (QED) is 0.712. The lowest BCUT2D eigenvalue weighted by molar-refractivity contribution is -0.279. The topological polar surface area (TPSA) is 21.7 Å². The van der Waals surface area contributed by atoms with Crippen molar-refractivity contribution in [3.63, 3.8) is 0 Å². The van der Waals surface area contributed by atoms with E-state index in [0.29, 0.717) is 11.5 Å². The van der Waals surface area contributed by atoms with Gasteiger partial charge in [-0.05, 0) is 57.0 Å². The Kier molecular flexibility index (Phi) is 5.91. The summed E-state index contributed by atoms with van der Waals surface area (Å²) in [6, 6.07) is 2.53. The summed E-state index contributed by atoms with van der Waals surface area (Å²) in [6.45, 7) is 13.8. The molecule has 0 aromatic heterocycles. The maximum absolute atomic E-state index is 6.48. The summed E-state index contributed by atoms with van der Waals surface area (Å²) >= 11 is 0. The van der Waals surface area contributed by atoms with Gasteiger partial charge in [-0.1, -0.05) is 27.2 Å². The van der Waals surface area contributed by atoms with E-state index < -0.39 is 9.04 Å². The average Bonchev–Trinajstić information content (AvgIpc) is 2.44. The van der Waals surface area contributed by atoms with E-state index in [4.69, 9.17) is 9.26 Å². The van der Waals surface area contributed by atoms with Crippen molar-refractivity contribution < 1.29 is 9.26 Å². The van der Waals surface area contributed by atoms with Gasteiger partial charge in [-0.3, -0.25) is 4.84 Å². The van der Waals surface area contributed by atoms with E-state index in [1.54, 1.807) is 0 Å². The second-order valence-electron chi connectivity index (χ2n) is 8.01. The molecule has 2 saturated heterocycles. The highest BCUT2D eigenvalue weighted by Gasteiger charge is 2.45. The predicted molar refractivity (Wildman–Crippen MR) is 90.9 cm³/mol. The van der Waals surface area contributed by atoms with Gasteiger partial charge in [0.2, 0.25) is 0 Å². The number of piperidine rings is 1. The second kappa shape index (κ2) is 7.11. The summed E-state index contributed by atoms with van der Waals surface area (Å²) in [5.74, 6) is 0. The lowest BCUT2D eigenvalue weighted by Crippen LogP contribution is -2.58. The Morgan fingerprint density at radius 2 is 1.95 bits per heavy atom. The zero-order valence-electron chi connectivity index (χ0n) is 14.8. The van der Waals surface area contributed by atoms with Crippen molar-refractivity contribution in [3.8, 4) is 0 Å². The van der Waals surface area contributed by atoms with Crippen LogP contribution in [-0.4, -0.2) is 38.9 Å². The number of rotatable bonds is 5. The molecule has 0 spiro atoms. The van der Waals surface area contributed by atoms with Crippen LogP contribution in [-0.2, 0) is 9.26 Å². The first kappa shape index (κ1) is 17.5. The first-order valence-corrected chi connectivity index (χ1v) is 11.0. The van der Waals surface area contributed by atoms with Gasteiger partial charge in [0.1, 0.15) is 0 Å². The SMILES string of the molecule is CCC(C[SiH]1CCCCO1)ON1CCCC(C)(C)C1(C)C. The van der Waals surface area contributed by atoms with E-state index in [2.05, 4.69) is 39.7 Å². The van der Waals surface area contributed by atoms with Gasteiger partial charge in [0.25, 0.3) is 0 Å². The molecule has 0 saturated carbocycles. The van der Waals surface area contributed by atoms with Crippen molar-refractivity contribution in [2.75, 3.05) is 13.2 Å². The summed E-state index contributed by atoms with van der Waals surface area (Å²) in [6.07, 6.45) is 6.61. The molecule has 2 fully saturated rings. The average molecular weight is 314 g/mol. The molecule has 0 aliphatic carbocycles. The normalized spacial score (nSPS) is 31.0. The molecule has 0 radical (unpaired) electrons. The Labute approximate surface area is 133 Å². The van der Waals surface area contributed by atoms with Crippen LogP contribution in [0.1, 0.15) is 66.7 Å². The number of hydrogen-bond donors (Lipinski definition) is 0. The summed E-state index contributed by atoms with van der Waals surface area (Å²) in [4.78, 5) is 6.48. The Hall–Kier alpha value is 0.0969. The molecule has 0 aromatic carbocycles. The smallest absolute Gasteiger partial charge is 0.179 e. The standard InChI is InChI=1S/C17H35NO2Si/c1-6-15(14-21-13-8-7-12-19-21)20-18-11-9-10-16(2,3)17(18,4)5/h15,21H,6-14H2,1-5H3. The van der Waals surface area contributed by atoms with Crippen LogP contribution in [0, 0.1) is 5.41 Å². The Balaban J connectivity index is 1.93. The van der Waals surface area contributed by atoms with Gasteiger partial charge in [-0.25, -0.2) is 0 Å². The second-order valence-corrected chi connectivity index (χ2v) is 10.6. The van der Waals surface area contributed by atoms with Crippen LogP contribution in [0.15, 0.2) is 0 Å². The molecule has 124 valence electrons. The molecule has 3 nitrogen and oxygen atoms in total.